The van der Waals surface area contributed by atoms with Gasteiger partial charge in [-0.25, -0.2) is 9.78 Å². The molecule has 0 saturated heterocycles. The molecule has 0 unspecified atom stereocenters. The van der Waals surface area contributed by atoms with Gasteiger partial charge in [0.2, 0.25) is 5.95 Å². The smallest absolute Gasteiger partial charge is 0.343 e. The number of hydrogen-bond acceptors (Lipinski definition) is 8. The van der Waals surface area contributed by atoms with Crippen LogP contribution in [0.5, 0.6) is 0 Å². The van der Waals surface area contributed by atoms with Crippen molar-refractivity contribution < 1.29 is 19.4 Å². The minimum absolute atomic E-state index is 0.00559. The van der Waals surface area contributed by atoms with Crippen molar-refractivity contribution in [2.75, 3.05) is 36.9 Å². The molecule has 2 aromatic rings. The molecule has 32 heavy (non-hydrogen) atoms. The summed E-state index contributed by atoms with van der Waals surface area (Å²) in [6, 6.07) is 9.84. The molecule has 1 aromatic carbocycles. The molecule has 0 radical (unpaired) electrons. The minimum Gasteiger partial charge on any atom is -0.481 e. The van der Waals surface area contributed by atoms with Gasteiger partial charge in [-0.3, -0.25) is 4.79 Å². The van der Waals surface area contributed by atoms with Gasteiger partial charge in [0.1, 0.15) is 11.4 Å². The van der Waals surface area contributed by atoms with Crippen LogP contribution in [0.3, 0.4) is 0 Å². The number of anilines is 2. The van der Waals surface area contributed by atoms with Gasteiger partial charge < -0.3 is 31.1 Å². The average Bonchev–Trinajstić information content (AvgIpc) is 2.78. The summed E-state index contributed by atoms with van der Waals surface area (Å²) in [7, 11) is 0. The highest BCUT2D eigenvalue weighted by molar-refractivity contribution is 7.80. The van der Waals surface area contributed by atoms with E-state index < -0.39 is 11.9 Å². The molecule has 172 valence electrons. The first-order chi connectivity index (χ1) is 15.5. The third-order valence-electron chi connectivity index (χ3n) is 4.13. The maximum absolute atomic E-state index is 12.2. The molecular formula is C21H28N6O4S. The molecule has 0 aliphatic rings. The standard InChI is InChI=1S/C21H28N6O4S/c1-2-31-19(30)16-14-26-20(25-13-15-7-4-3-5-8-15)27-18(16)22-10-6-11-23-21(32)24-12-9-17(28)29/h3-5,7-8,14H,2,6,9-13H2,1H3,(H,28,29)(H2,23,24,32)(H2,22,25,26,27). The first kappa shape index (κ1) is 24.8. The van der Waals surface area contributed by atoms with E-state index in [1.165, 1.54) is 6.20 Å². The van der Waals surface area contributed by atoms with E-state index in [2.05, 4.69) is 31.2 Å². The number of nitrogens with one attached hydrogen (secondary N) is 4. The third kappa shape index (κ3) is 9.13. The first-order valence-electron chi connectivity index (χ1n) is 10.3. The SMILES string of the molecule is CCOC(=O)c1cnc(NCc2ccccc2)nc1NCCCNC(=S)NCCC(=O)O. The van der Waals surface area contributed by atoms with Crippen molar-refractivity contribution in [2.45, 2.75) is 26.3 Å². The highest BCUT2D eigenvalue weighted by Crippen LogP contribution is 2.16. The van der Waals surface area contributed by atoms with Crippen LogP contribution in [-0.4, -0.2) is 58.4 Å². The molecule has 5 N–H and O–H groups in total. The van der Waals surface area contributed by atoms with E-state index in [-0.39, 0.29) is 25.1 Å². The monoisotopic (exact) mass is 460 g/mol. The van der Waals surface area contributed by atoms with Gasteiger partial charge in [-0.1, -0.05) is 30.3 Å². The van der Waals surface area contributed by atoms with Crippen LogP contribution in [0.2, 0.25) is 0 Å². The Morgan fingerprint density at radius 1 is 1.09 bits per heavy atom. The number of aromatic nitrogens is 2. The quantitative estimate of drug-likeness (QED) is 0.170. The van der Waals surface area contributed by atoms with E-state index >= 15 is 0 Å². The first-order valence-corrected chi connectivity index (χ1v) is 10.7. The zero-order valence-electron chi connectivity index (χ0n) is 17.9. The summed E-state index contributed by atoms with van der Waals surface area (Å²) in [4.78, 5) is 31.4. The number of esters is 1. The van der Waals surface area contributed by atoms with Crippen molar-refractivity contribution in [3.05, 3.63) is 47.7 Å². The third-order valence-corrected chi connectivity index (χ3v) is 4.42. The average molecular weight is 461 g/mol. The van der Waals surface area contributed by atoms with Gasteiger partial charge in [0.05, 0.1) is 13.0 Å². The second-order valence-electron chi connectivity index (χ2n) is 6.62. The van der Waals surface area contributed by atoms with E-state index in [1.54, 1.807) is 6.92 Å². The van der Waals surface area contributed by atoms with E-state index in [0.717, 1.165) is 5.56 Å². The molecule has 11 heteroatoms. The molecule has 1 heterocycles. The van der Waals surface area contributed by atoms with E-state index in [9.17, 15) is 9.59 Å². The van der Waals surface area contributed by atoms with Crippen LogP contribution in [0, 0.1) is 0 Å². The normalized spacial score (nSPS) is 10.2. The Morgan fingerprint density at radius 3 is 2.56 bits per heavy atom. The number of thiocarbonyl (C=S) groups is 1. The Morgan fingerprint density at radius 2 is 1.84 bits per heavy atom. The van der Waals surface area contributed by atoms with Crippen LogP contribution in [0.15, 0.2) is 36.5 Å². The van der Waals surface area contributed by atoms with Gasteiger partial charge in [0.25, 0.3) is 0 Å². The lowest BCUT2D eigenvalue weighted by Gasteiger charge is -2.13. The summed E-state index contributed by atoms with van der Waals surface area (Å²) in [5, 5.41) is 21.1. The Balaban J connectivity index is 1.88. The van der Waals surface area contributed by atoms with Crippen LogP contribution in [0.1, 0.15) is 35.7 Å². The van der Waals surface area contributed by atoms with Gasteiger partial charge in [0, 0.05) is 32.4 Å². The number of benzene rings is 1. The molecule has 0 fully saturated rings. The number of carbonyl (C=O) groups excluding carboxylic acids is 1. The Kier molecular flexibility index (Phi) is 10.7. The van der Waals surface area contributed by atoms with Crippen molar-refractivity contribution in [2.24, 2.45) is 0 Å². The van der Waals surface area contributed by atoms with Crippen LogP contribution in [-0.2, 0) is 16.1 Å². The van der Waals surface area contributed by atoms with E-state index in [4.69, 9.17) is 22.1 Å². The lowest BCUT2D eigenvalue weighted by atomic mass is 10.2. The van der Waals surface area contributed by atoms with Gasteiger partial charge in [0.15, 0.2) is 5.11 Å². The fraction of sp³-hybridized carbons (Fsp3) is 0.381. The number of carboxylic acids is 1. The van der Waals surface area contributed by atoms with Crippen LogP contribution < -0.4 is 21.3 Å². The molecule has 0 bridgehead atoms. The van der Waals surface area contributed by atoms with Crippen LogP contribution >= 0.6 is 12.2 Å². The van der Waals surface area contributed by atoms with Crippen molar-refractivity contribution in [3.8, 4) is 0 Å². The number of carboxylic acid groups (broad SMARTS) is 1. The summed E-state index contributed by atoms with van der Waals surface area (Å²) in [6.07, 6.45) is 2.12. The lowest BCUT2D eigenvalue weighted by molar-refractivity contribution is -0.136. The molecule has 0 spiro atoms. The number of ether oxygens (including phenoxy) is 1. The largest absolute Gasteiger partial charge is 0.481 e. The predicted octanol–water partition coefficient (Wildman–Crippen LogP) is 2.01. The van der Waals surface area contributed by atoms with Crippen LogP contribution in [0.4, 0.5) is 11.8 Å². The molecular weight excluding hydrogens is 432 g/mol. The van der Waals surface area contributed by atoms with Gasteiger partial charge >= 0.3 is 11.9 Å². The molecule has 0 aliphatic heterocycles. The highest BCUT2D eigenvalue weighted by atomic mass is 32.1. The number of carbonyl (C=O) groups is 2. The number of hydrogen-bond donors (Lipinski definition) is 5. The summed E-state index contributed by atoms with van der Waals surface area (Å²) in [5.74, 6) is -0.599. The fourth-order valence-electron chi connectivity index (χ4n) is 2.58. The van der Waals surface area contributed by atoms with Crippen molar-refractivity contribution in [1.82, 2.24) is 20.6 Å². The van der Waals surface area contributed by atoms with E-state index in [1.807, 2.05) is 30.3 Å². The molecule has 0 atom stereocenters. The van der Waals surface area contributed by atoms with Crippen molar-refractivity contribution in [1.29, 1.82) is 0 Å². The second-order valence-corrected chi connectivity index (χ2v) is 7.03. The van der Waals surface area contributed by atoms with Crippen molar-refractivity contribution >= 4 is 41.0 Å². The Hall–Kier alpha value is -3.47. The summed E-state index contributed by atoms with van der Waals surface area (Å²) >= 11 is 5.09. The number of aliphatic carboxylic acids is 1. The van der Waals surface area contributed by atoms with Gasteiger partial charge in [-0.2, -0.15) is 4.98 Å². The maximum atomic E-state index is 12.2. The molecule has 10 nitrogen and oxygen atoms in total. The molecule has 0 aliphatic carbocycles. The number of nitrogens with zero attached hydrogens (tertiary/aromatic N) is 2. The topological polar surface area (TPSA) is 138 Å². The Bertz CT molecular complexity index is 897. The molecule has 1 aromatic heterocycles. The second kappa shape index (κ2) is 13.8. The fourth-order valence-corrected chi connectivity index (χ4v) is 2.78. The molecule has 2 rings (SSSR count). The van der Waals surface area contributed by atoms with E-state index in [0.29, 0.717) is 42.9 Å². The predicted molar refractivity (Wildman–Crippen MR) is 126 cm³/mol. The minimum atomic E-state index is -0.885. The Labute approximate surface area is 192 Å². The van der Waals surface area contributed by atoms with Crippen molar-refractivity contribution in [3.63, 3.8) is 0 Å². The molecule has 0 saturated carbocycles. The number of rotatable bonds is 13. The zero-order valence-corrected chi connectivity index (χ0v) is 18.7. The summed E-state index contributed by atoms with van der Waals surface area (Å²) in [5.41, 5.74) is 1.34. The van der Waals surface area contributed by atoms with Gasteiger partial charge in [-0.05, 0) is 31.1 Å². The summed E-state index contributed by atoms with van der Waals surface area (Å²) < 4.78 is 5.09. The van der Waals surface area contributed by atoms with Crippen LogP contribution in [0.25, 0.3) is 0 Å². The summed E-state index contributed by atoms with van der Waals surface area (Å²) in [6.45, 7) is 3.89. The van der Waals surface area contributed by atoms with Gasteiger partial charge in [-0.15, -0.1) is 0 Å². The lowest BCUT2D eigenvalue weighted by Crippen LogP contribution is -2.37. The highest BCUT2D eigenvalue weighted by Gasteiger charge is 2.15. The maximum Gasteiger partial charge on any atom is 0.343 e. The molecule has 0 amide bonds. The zero-order chi connectivity index (χ0) is 23.2.